The van der Waals surface area contributed by atoms with E-state index in [1.807, 2.05) is 0 Å². The summed E-state index contributed by atoms with van der Waals surface area (Å²) in [5.41, 5.74) is 0.571. The Bertz CT molecular complexity index is 766. The van der Waals surface area contributed by atoms with E-state index in [0.717, 1.165) is 6.04 Å². The predicted octanol–water partition coefficient (Wildman–Crippen LogP) is 5.62. The number of halogens is 3. The molecule has 6 nitrogen and oxygen atoms in total. The smallest absolute Gasteiger partial charge is 0.387 e. The number of benzene rings is 1. The van der Waals surface area contributed by atoms with E-state index in [2.05, 4.69) is 50.6 Å². The molecule has 142 valence electrons. The van der Waals surface area contributed by atoms with Crippen molar-refractivity contribution in [3.63, 3.8) is 0 Å². The predicted molar refractivity (Wildman–Crippen MR) is 102 cm³/mol. The SMILES string of the molecule is C[Si](C)(C)CCOCn1ncc(N=O)c1-c1cc(Br)ccc1OC(F)F. The second-order valence-electron chi connectivity index (χ2n) is 6.84. The van der Waals surface area contributed by atoms with Gasteiger partial charge >= 0.3 is 6.61 Å². The molecule has 0 atom stereocenters. The molecular weight excluding hydrogens is 428 g/mol. The summed E-state index contributed by atoms with van der Waals surface area (Å²) in [7, 11) is -1.24. The zero-order valence-electron chi connectivity index (χ0n) is 14.7. The zero-order valence-corrected chi connectivity index (χ0v) is 17.3. The highest BCUT2D eigenvalue weighted by Crippen LogP contribution is 2.38. The van der Waals surface area contributed by atoms with E-state index in [0.29, 0.717) is 11.1 Å². The molecule has 0 N–H and O–H groups in total. The molecule has 26 heavy (non-hydrogen) atoms. The van der Waals surface area contributed by atoms with Crippen molar-refractivity contribution in [2.45, 2.75) is 39.0 Å². The average molecular weight is 448 g/mol. The van der Waals surface area contributed by atoms with Gasteiger partial charge in [0.25, 0.3) is 0 Å². The zero-order chi connectivity index (χ0) is 19.3. The van der Waals surface area contributed by atoms with Crippen LogP contribution in [0.3, 0.4) is 0 Å². The van der Waals surface area contributed by atoms with Gasteiger partial charge in [0.15, 0.2) is 5.69 Å². The van der Waals surface area contributed by atoms with Crippen LogP contribution in [0.4, 0.5) is 14.5 Å². The molecule has 10 heteroatoms. The Morgan fingerprint density at radius 2 is 2.08 bits per heavy atom. The largest absolute Gasteiger partial charge is 0.434 e. The van der Waals surface area contributed by atoms with Crippen LogP contribution in [0.5, 0.6) is 5.75 Å². The Morgan fingerprint density at radius 1 is 1.35 bits per heavy atom. The third-order valence-electron chi connectivity index (χ3n) is 3.54. The number of hydrogen-bond acceptors (Lipinski definition) is 5. The van der Waals surface area contributed by atoms with Crippen molar-refractivity contribution < 1.29 is 18.3 Å². The van der Waals surface area contributed by atoms with Crippen molar-refractivity contribution in [1.29, 1.82) is 0 Å². The number of rotatable bonds is 9. The summed E-state index contributed by atoms with van der Waals surface area (Å²) >= 11 is 3.30. The van der Waals surface area contributed by atoms with Crippen LogP contribution in [0.15, 0.2) is 34.0 Å². The summed E-state index contributed by atoms with van der Waals surface area (Å²) < 4.78 is 37.7. The molecule has 0 aliphatic rings. The summed E-state index contributed by atoms with van der Waals surface area (Å²) in [5.74, 6) is -0.0723. The average Bonchev–Trinajstić information content (AvgIpc) is 2.94. The summed E-state index contributed by atoms with van der Waals surface area (Å²) in [5, 5.41) is 7.04. The van der Waals surface area contributed by atoms with Gasteiger partial charge < -0.3 is 9.47 Å². The number of ether oxygens (including phenoxy) is 2. The molecule has 2 aromatic rings. The fourth-order valence-electron chi connectivity index (χ4n) is 2.23. The second-order valence-corrected chi connectivity index (χ2v) is 13.4. The summed E-state index contributed by atoms with van der Waals surface area (Å²) in [6.45, 7) is 4.35. The van der Waals surface area contributed by atoms with Crippen LogP contribution in [0.2, 0.25) is 25.7 Å². The van der Waals surface area contributed by atoms with E-state index in [1.54, 1.807) is 12.1 Å². The van der Waals surface area contributed by atoms with E-state index in [9.17, 15) is 13.7 Å². The maximum atomic E-state index is 12.7. The van der Waals surface area contributed by atoms with Crippen molar-refractivity contribution in [2.75, 3.05) is 6.61 Å². The number of nitroso groups, excluding NO2 is 1. The highest BCUT2D eigenvalue weighted by Gasteiger charge is 2.21. The van der Waals surface area contributed by atoms with Gasteiger partial charge in [-0.25, -0.2) is 4.68 Å². The summed E-state index contributed by atoms with van der Waals surface area (Å²) in [4.78, 5) is 11.2. The first-order valence-corrected chi connectivity index (χ1v) is 12.4. The molecule has 1 heterocycles. The highest BCUT2D eigenvalue weighted by atomic mass is 79.9. The van der Waals surface area contributed by atoms with Crippen molar-refractivity contribution in [3.05, 3.63) is 33.8 Å². The molecule has 0 unspecified atom stereocenters. The van der Waals surface area contributed by atoms with Crippen molar-refractivity contribution in [2.24, 2.45) is 5.18 Å². The molecule has 0 amide bonds. The van der Waals surface area contributed by atoms with E-state index < -0.39 is 14.7 Å². The Kier molecular flexibility index (Phi) is 7.01. The van der Waals surface area contributed by atoms with Crippen LogP contribution in [0.25, 0.3) is 11.3 Å². The fraction of sp³-hybridized carbons (Fsp3) is 0.438. The van der Waals surface area contributed by atoms with Crippen LogP contribution in [0, 0.1) is 4.91 Å². The van der Waals surface area contributed by atoms with Gasteiger partial charge in [-0.1, -0.05) is 35.6 Å². The molecule has 1 aromatic heterocycles. The summed E-state index contributed by atoms with van der Waals surface area (Å²) in [6.07, 6.45) is 1.28. The molecule has 2 rings (SSSR count). The van der Waals surface area contributed by atoms with Crippen molar-refractivity contribution >= 4 is 29.7 Å². The Hall–Kier alpha value is -1.65. The molecule has 0 saturated carbocycles. The van der Waals surface area contributed by atoms with Gasteiger partial charge in [0.2, 0.25) is 0 Å². The minimum atomic E-state index is -2.99. The van der Waals surface area contributed by atoms with Crippen LogP contribution >= 0.6 is 15.9 Å². The normalized spacial score (nSPS) is 11.8. The number of aromatic nitrogens is 2. The fourth-order valence-corrected chi connectivity index (χ4v) is 3.35. The molecule has 0 fully saturated rings. The Morgan fingerprint density at radius 3 is 2.69 bits per heavy atom. The molecular formula is C16H20BrF2N3O3Si. The van der Waals surface area contributed by atoms with Gasteiger partial charge in [-0.3, -0.25) is 0 Å². The minimum Gasteiger partial charge on any atom is -0.434 e. The number of alkyl halides is 2. The molecule has 0 aliphatic carbocycles. The second kappa shape index (κ2) is 8.83. The molecule has 1 aromatic carbocycles. The van der Waals surface area contributed by atoms with Crippen LogP contribution in [-0.2, 0) is 11.5 Å². The highest BCUT2D eigenvalue weighted by molar-refractivity contribution is 9.10. The maximum Gasteiger partial charge on any atom is 0.387 e. The lowest BCUT2D eigenvalue weighted by Crippen LogP contribution is -2.22. The number of nitrogens with zero attached hydrogens (tertiary/aromatic N) is 3. The Balaban J connectivity index is 2.32. The van der Waals surface area contributed by atoms with E-state index in [-0.39, 0.29) is 29.4 Å². The topological polar surface area (TPSA) is 65.7 Å². The van der Waals surface area contributed by atoms with E-state index in [1.165, 1.54) is 16.9 Å². The monoisotopic (exact) mass is 447 g/mol. The third kappa shape index (κ3) is 5.68. The lowest BCUT2D eigenvalue weighted by atomic mass is 10.1. The number of hydrogen-bond donors (Lipinski definition) is 0. The van der Waals surface area contributed by atoms with Gasteiger partial charge in [0.1, 0.15) is 18.2 Å². The molecule has 0 saturated heterocycles. The molecule has 0 bridgehead atoms. The van der Waals surface area contributed by atoms with E-state index >= 15 is 0 Å². The Labute approximate surface area is 159 Å². The van der Waals surface area contributed by atoms with Gasteiger partial charge in [-0.05, 0) is 29.4 Å². The van der Waals surface area contributed by atoms with Crippen molar-refractivity contribution in [1.82, 2.24) is 9.78 Å². The third-order valence-corrected chi connectivity index (χ3v) is 5.74. The first kappa shape index (κ1) is 20.7. The lowest BCUT2D eigenvalue weighted by molar-refractivity contribution is -0.0495. The first-order chi connectivity index (χ1) is 12.2. The summed E-state index contributed by atoms with van der Waals surface area (Å²) in [6, 6.07) is 5.50. The van der Waals surface area contributed by atoms with Crippen molar-refractivity contribution in [3.8, 4) is 17.0 Å². The maximum absolute atomic E-state index is 12.7. The van der Waals surface area contributed by atoms with Crippen LogP contribution in [0.1, 0.15) is 0 Å². The van der Waals surface area contributed by atoms with Gasteiger partial charge in [-0.15, -0.1) is 4.91 Å². The molecule has 0 aliphatic heterocycles. The van der Waals surface area contributed by atoms with E-state index in [4.69, 9.17) is 4.74 Å². The quantitative estimate of drug-likeness (QED) is 0.284. The molecule has 0 radical (unpaired) electrons. The van der Waals surface area contributed by atoms with Crippen LogP contribution in [-0.4, -0.2) is 31.1 Å². The molecule has 0 spiro atoms. The van der Waals surface area contributed by atoms with Crippen LogP contribution < -0.4 is 4.74 Å². The van der Waals surface area contributed by atoms with Gasteiger partial charge in [-0.2, -0.15) is 13.9 Å². The first-order valence-electron chi connectivity index (χ1n) is 7.93. The minimum absolute atomic E-state index is 0.0241. The van der Waals surface area contributed by atoms with Gasteiger partial charge in [0.05, 0.1) is 6.20 Å². The standard InChI is InChI=1S/C16H20BrF2N3O3Si/c1-26(2,3)7-6-24-10-22-15(13(21-23)9-20-22)12-8-11(17)4-5-14(12)25-16(18)19/h4-5,8-9,16H,6-7,10H2,1-3H3. The van der Waals surface area contributed by atoms with Gasteiger partial charge in [0, 0.05) is 24.7 Å². The lowest BCUT2D eigenvalue weighted by Gasteiger charge is -2.16.